The number of hydrogen-bond donors (Lipinski definition) is 1. The first kappa shape index (κ1) is 21.0. The van der Waals surface area contributed by atoms with Crippen LogP contribution < -0.4 is 0 Å². The lowest BCUT2D eigenvalue weighted by molar-refractivity contribution is 0.490. The van der Waals surface area contributed by atoms with Crippen LogP contribution in [0.1, 0.15) is 17.1 Å². The molecule has 0 radical (unpaired) electrons. The molecule has 0 aliphatic rings. The molecule has 160 valence electrons. The van der Waals surface area contributed by atoms with E-state index in [2.05, 4.69) is 41.0 Å². The Morgan fingerprint density at radius 1 is 1.03 bits per heavy atom. The largest absolute Gasteiger partial charge is 0.340 e. The molecule has 5 rings (SSSR count). The predicted octanol–water partition coefficient (Wildman–Crippen LogP) is 5.50. The third kappa shape index (κ3) is 4.38. The Balaban J connectivity index is 1.51. The number of nitrogens with zero attached hydrogens (tertiary/aromatic N) is 6. The van der Waals surface area contributed by atoms with E-state index in [0.717, 1.165) is 50.4 Å². The van der Waals surface area contributed by atoms with Crippen LogP contribution in [-0.4, -0.2) is 32.7 Å². The Labute approximate surface area is 204 Å². The van der Waals surface area contributed by atoms with Gasteiger partial charge in [-0.15, -0.1) is 0 Å². The van der Waals surface area contributed by atoms with Crippen LogP contribution in [0.3, 0.4) is 0 Å². The maximum Gasteiger partial charge on any atom is 0.155 e. The number of fused-ring (bicyclic) bond motifs is 1. The minimum atomic E-state index is 0.621. The Morgan fingerprint density at radius 2 is 1.91 bits per heavy atom. The van der Waals surface area contributed by atoms with Crippen LogP contribution in [0.2, 0.25) is 5.02 Å². The van der Waals surface area contributed by atoms with E-state index in [1.54, 1.807) is 10.8 Å². The van der Waals surface area contributed by atoms with Crippen molar-refractivity contribution < 1.29 is 0 Å². The monoisotopic (exact) mass is 555 g/mol. The normalized spacial score (nSPS) is 11.5. The topological polar surface area (TPSA) is 75.0 Å². The molecule has 4 aromatic heterocycles. The van der Waals surface area contributed by atoms with Crippen molar-refractivity contribution in [2.45, 2.75) is 20.0 Å². The first-order valence-electron chi connectivity index (χ1n) is 10.0. The van der Waals surface area contributed by atoms with Crippen LogP contribution in [0.4, 0.5) is 0 Å². The van der Waals surface area contributed by atoms with Gasteiger partial charge in [0.1, 0.15) is 17.8 Å². The van der Waals surface area contributed by atoms with E-state index in [4.69, 9.17) is 21.6 Å². The molecule has 0 fully saturated rings. The molecule has 4 heterocycles. The van der Waals surface area contributed by atoms with Crippen molar-refractivity contribution in [1.29, 1.82) is 0 Å². The summed E-state index contributed by atoms with van der Waals surface area (Å²) in [7, 11) is 0. The predicted molar refractivity (Wildman–Crippen MR) is 133 cm³/mol. The Hall–Kier alpha value is -2.82. The highest BCUT2D eigenvalue weighted by molar-refractivity contribution is 14.1. The summed E-state index contributed by atoms with van der Waals surface area (Å²) in [6.45, 7) is 3.31. The molecule has 1 aromatic carbocycles. The zero-order valence-electron chi connectivity index (χ0n) is 17.2. The smallest absolute Gasteiger partial charge is 0.155 e. The van der Waals surface area contributed by atoms with Gasteiger partial charge in [0.25, 0.3) is 0 Å². The number of rotatable bonds is 6. The number of aromatic amines is 1. The van der Waals surface area contributed by atoms with Gasteiger partial charge < -0.3 is 4.98 Å². The quantitative estimate of drug-likeness (QED) is 0.221. The average Bonchev–Trinajstić information content (AvgIpc) is 3.42. The standard InChI is InChI=1S/C23H19ClIN7/c1-15-5-4-8-19(28-15)23-22(17-9-10-21-26-14-27-32(21)12-17)29-20(30-23)13-31(25)11-16-6-2-3-7-18(16)24/h2-10,12,14H,11,13H2,1H3,(H,29,30). The summed E-state index contributed by atoms with van der Waals surface area (Å²) in [6, 6.07) is 17.8. The van der Waals surface area contributed by atoms with Crippen molar-refractivity contribution in [2.75, 3.05) is 0 Å². The van der Waals surface area contributed by atoms with Gasteiger partial charge in [0.2, 0.25) is 0 Å². The van der Waals surface area contributed by atoms with E-state index in [9.17, 15) is 0 Å². The highest BCUT2D eigenvalue weighted by atomic mass is 127. The Bertz CT molecular complexity index is 1390. The van der Waals surface area contributed by atoms with E-state index >= 15 is 0 Å². The van der Waals surface area contributed by atoms with Gasteiger partial charge >= 0.3 is 0 Å². The Morgan fingerprint density at radius 3 is 2.75 bits per heavy atom. The van der Waals surface area contributed by atoms with Crippen LogP contribution in [0, 0.1) is 6.92 Å². The minimum absolute atomic E-state index is 0.621. The van der Waals surface area contributed by atoms with Crippen molar-refractivity contribution in [3.05, 3.63) is 89.2 Å². The number of halogens is 2. The lowest BCUT2D eigenvalue weighted by atomic mass is 10.1. The number of imidazole rings is 1. The fourth-order valence-corrected chi connectivity index (χ4v) is 4.45. The van der Waals surface area contributed by atoms with Crippen LogP contribution in [-0.2, 0) is 13.1 Å². The molecule has 32 heavy (non-hydrogen) atoms. The molecular weight excluding hydrogens is 537 g/mol. The second kappa shape index (κ2) is 8.97. The molecule has 0 saturated carbocycles. The zero-order valence-corrected chi connectivity index (χ0v) is 20.1. The van der Waals surface area contributed by atoms with Crippen molar-refractivity contribution in [2.24, 2.45) is 0 Å². The lowest BCUT2D eigenvalue weighted by Gasteiger charge is -2.13. The molecule has 0 aliphatic carbocycles. The number of aromatic nitrogens is 6. The summed E-state index contributed by atoms with van der Waals surface area (Å²) in [4.78, 5) is 17.4. The van der Waals surface area contributed by atoms with Crippen molar-refractivity contribution in [1.82, 2.24) is 32.7 Å². The fourth-order valence-electron chi connectivity index (χ4n) is 3.56. The Kier molecular flexibility index (Phi) is 5.90. The first-order valence-corrected chi connectivity index (χ1v) is 11.4. The number of hydrogen-bond acceptors (Lipinski definition) is 5. The van der Waals surface area contributed by atoms with E-state index in [-0.39, 0.29) is 0 Å². The van der Waals surface area contributed by atoms with Gasteiger partial charge in [-0.25, -0.2) is 17.6 Å². The summed E-state index contributed by atoms with van der Waals surface area (Å²) in [6.07, 6.45) is 3.49. The van der Waals surface area contributed by atoms with Crippen LogP contribution in [0.25, 0.3) is 28.3 Å². The van der Waals surface area contributed by atoms with Gasteiger partial charge in [0.15, 0.2) is 5.65 Å². The number of aryl methyl sites for hydroxylation is 1. The maximum atomic E-state index is 6.34. The molecule has 0 unspecified atom stereocenters. The summed E-state index contributed by atoms with van der Waals surface area (Å²) in [5.74, 6) is 0.846. The molecule has 0 atom stereocenters. The SMILES string of the molecule is Cc1cccc(-c2nc(CN(I)Cc3ccccc3Cl)[nH]c2-c2ccc3ncnn3c2)n1. The van der Waals surface area contributed by atoms with Gasteiger partial charge in [-0.1, -0.05) is 35.9 Å². The van der Waals surface area contributed by atoms with Crippen molar-refractivity contribution >= 4 is 40.1 Å². The number of H-pyrrole nitrogens is 1. The molecule has 0 aliphatic heterocycles. The molecule has 0 spiro atoms. The molecule has 9 heteroatoms. The number of nitrogens with one attached hydrogen (secondary N) is 1. The van der Waals surface area contributed by atoms with Gasteiger partial charge in [0.05, 0.1) is 17.9 Å². The van der Waals surface area contributed by atoms with E-state index in [1.807, 2.05) is 67.7 Å². The van der Waals surface area contributed by atoms with Gasteiger partial charge in [-0.05, 0) is 42.8 Å². The minimum Gasteiger partial charge on any atom is -0.340 e. The molecule has 0 amide bonds. The van der Waals surface area contributed by atoms with Gasteiger partial charge in [-0.2, -0.15) is 5.10 Å². The molecule has 0 bridgehead atoms. The molecule has 0 saturated heterocycles. The van der Waals surface area contributed by atoms with Crippen LogP contribution in [0.15, 0.2) is 67.1 Å². The number of pyridine rings is 2. The van der Waals surface area contributed by atoms with Crippen molar-refractivity contribution in [3.63, 3.8) is 0 Å². The third-order valence-electron chi connectivity index (χ3n) is 5.07. The number of benzene rings is 1. The fraction of sp³-hybridized carbons (Fsp3) is 0.130. The first-order chi connectivity index (χ1) is 15.6. The average molecular weight is 556 g/mol. The van der Waals surface area contributed by atoms with Gasteiger partial charge in [0, 0.05) is 51.9 Å². The summed E-state index contributed by atoms with van der Waals surface area (Å²) < 4.78 is 3.90. The molecule has 1 N–H and O–H groups in total. The van der Waals surface area contributed by atoms with Gasteiger partial charge in [-0.3, -0.25) is 4.98 Å². The van der Waals surface area contributed by atoms with E-state index in [0.29, 0.717) is 13.1 Å². The molecule has 7 nitrogen and oxygen atoms in total. The second-order valence-electron chi connectivity index (χ2n) is 7.42. The highest BCUT2D eigenvalue weighted by Crippen LogP contribution is 2.30. The van der Waals surface area contributed by atoms with Crippen molar-refractivity contribution in [3.8, 4) is 22.6 Å². The summed E-state index contributed by atoms with van der Waals surface area (Å²) in [5, 5.41) is 5.03. The van der Waals surface area contributed by atoms with Crippen LogP contribution in [0.5, 0.6) is 0 Å². The molecule has 5 aromatic rings. The zero-order chi connectivity index (χ0) is 22.1. The van der Waals surface area contributed by atoms with E-state index < -0.39 is 0 Å². The summed E-state index contributed by atoms with van der Waals surface area (Å²) in [5.41, 5.74) is 6.32. The third-order valence-corrected chi connectivity index (χ3v) is 6.12. The summed E-state index contributed by atoms with van der Waals surface area (Å²) >= 11 is 8.65. The van der Waals surface area contributed by atoms with E-state index in [1.165, 1.54) is 0 Å². The molecular formula is C23H19ClIN7. The maximum absolute atomic E-state index is 6.34. The highest BCUT2D eigenvalue weighted by Gasteiger charge is 2.18. The second-order valence-corrected chi connectivity index (χ2v) is 9.19. The van der Waals surface area contributed by atoms with Crippen LogP contribution >= 0.6 is 34.5 Å². The lowest BCUT2D eigenvalue weighted by Crippen LogP contribution is -2.12.